The van der Waals surface area contributed by atoms with Crippen molar-refractivity contribution in [2.75, 3.05) is 20.4 Å². The quantitative estimate of drug-likeness (QED) is 0.705. The van der Waals surface area contributed by atoms with E-state index in [0.717, 1.165) is 25.1 Å². The highest BCUT2D eigenvalue weighted by molar-refractivity contribution is 5.35. The Balaban J connectivity index is 2.77. The van der Waals surface area contributed by atoms with Crippen molar-refractivity contribution in [1.29, 1.82) is 0 Å². The second-order valence-corrected chi connectivity index (χ2v) is 4.00. The van der Waals surface area contributed by atoms with Gasteiger partial charge in [0.1, 0.15) is 5.75 Å². The van der Waals surface area contributed by atoms with Gasteiger partial charge in [-0.2, -0.15) is 0 Å². The van der Waals surface area contributed by atoms with Crippen molar-refractivity contribution in [2.45, 2.75) is 32.7 Å². The molecule has 0 heterocycles. The Morgan fingerprint density at radius 3 is 2.65 bits per heavy atom. The van der Waals surface area contributed by atoms with Crippen LogP contribution in [0.4, 0.5) is 0 Å². The number of hydrogen-bond acceptors (Lipinski definition) is 3. The molecule has 1 N–H and O–H groups in total. The van der Waals surface area contributed by atoms with Crippen LogP contribution in [0.15, 0.2) is 24.3 Å². The molecule has 0 fully saturated rings. The van der Waals surface area contributed by atoms with Gasteiger partial charge in [0.05, 0.1) is 0 Å². The number of rotatable bonds is 8. The summed E-state index contributed by atoms with van der Waals surface area (Å²) in [6, 6.07) is 8.49. The molecule has 0 amide bonds. The first-order valence-corrected chi connectivity index (χ1v) is 6.27. The van der Waals surface area contributed by atoms with Crippen LogP contribution >= 0.6 is 0 Å². The number of methoxy groups -OCH3 is 1. The van der Waals surface area contributed by atoms with Crippen molar-refractivity contribution in [3.63, 3.8) is 0 Å². The van der Waals surface area contributed by atoms with Crippen molar-refractivity contribution in [3.8, 4) is 5.75 Å². The zero-order valence-electron chi connectivity index (χ0n) is 11.0. The Labute approximate surface area is 104 Å². The molecule has 1 aromatic rings. The van der Waals surface area contributed by atoms with Gasteiger partial charge < -0.3 is 14.8 Å². The normalized spacial score (nSPS) is 12.4. The first kappa shape index (κ1) is 14.0. The molecule has 1 atom stereocenters. The van der Waals surface area contributed by atoms with Crippen LogP contribution in [0.2, 0.25) is 0 Å². The molecule has 1 unspecified atom stereocenters. The first-order chi connectivity index (χ1) is 8.33. The van der Waals surface area contributed by atoms with Gasteiger partial charge in [0.2, 0.25) is 0 Å². The van der Waals surface area contributed by atoms with Gasteiger partial charge in [-0.15, -0.1) is 0 Å². The van der Waals surface area contributed by atoms with Crippen LogP contribution in [0, 0.1) is 0 Å². The molecule has 0 saturated heterocycles. The number of hydrogen-bond donors (Lipinski definition) is 1. The Bertz CT molecular complexity index is 315. The maximum atomic E-state index is 5.59. The number of nitrogens with one attached hydrogen (secondary N) is 1. The molecule has 3 nitrogen and oxygen atoms in total. The van der Waals surface area contributed by atoms with Gasteiger partial charge >= 0.3 is 0 Å². The van der Waals surface area contributed by atoms with E-state index < -0.39 is 0 Å². The standard InChI is InChI=1S/C14H23NO2/c1-4-10-15-13(5-2)12-8-6-7-9-14(12)17-11-16-3/h6-9,13,15H,4-5,10-11H2,1-3H3. The molecule has 96 valence electrons. The van der Waals surface area contributed by atoms with E-state index in [4.69, 9.17) is 9.47 Å². The minimum absolute atomic E-state index is 0.293. The lowest BCUT2D eigenvalue weighted by atomic mass is 10.0. The summed E-state index contributed by atoms with van der Waals surface area (Å²) < 4.78 is 10.5. The van der Waals surface area contributed by atoms with Crippen LogP contribution in [0.25, 0.3) is 0 Å². The first-order valence-electron chi connectivity index (χ1n) is 6.27. The summed E-state index contributed by atoms with van der Waals surface area (Å²) in [6.45, 7) is 5.67. The summed E-state index contributed by atoms with van der Waals surface area (Å²) in [4.78, 5) is 0. The van der Waals surface area contributed by atoms with E-state index in [2.05, 4.69) is 25.2 Å². The maximum absolute atomic E-state index is 5.59. The van der Waals surface area contributed by atoms with Crippen LogP contribution in [0.5, 0.6) is 5.75 Å². The highest BCUT2D eigenvalue weighted by Crippen LogP contribution is 2.27. The third-order valence-electron chi connectivity index (χ3n) is 2.68. The molecule has 0 spiro atoms. The predicted molar refractivity (Wildman–Crippen MR) is 70.3 cm³/mol. The second kappa shape index (κ2) is 8.09. The molecule has 0 aliphatic rings. The van der Waals surface area contributed by atoms with Gasteiger partial charge in [-0.05, 0) is 25.5 Å². The average Bonchev–Trinajstić information content (AvgIpc) is 2.38. The van der Waals surface area contributed by atoms with E-state index in [1.54, 1.807) is 7.11 Å². The maximum Gasteiger partial charge on any atom is 0.188 e. The minimum Gasteiger partial charge on any atom is -0.467 e. The number of benzene rings is 1. The monoisotopic (exact) mass is 237 g/mol. The molecule has 0 radical (unpaired) electrons. The van der Waals surface area contributed by atoms with Crippen molar-refractivity contribution in [2.24, 2.45) is 0 Å². The van der Waals surface area contributed by atoms with E-state index in [1.165, 1.54) is 5.56 Å². The molecule has 17 heavy (non-hydrogen) atoms. The Morgan fingerprint density at radius 2 is 2.00 bits per heavy atom. The molecular formula is C14H23NO2. The van der Waals surface area contributed by atoms with Gasteiger partial charge in [-0.1, -0.05) is 32.0 Å². The molecular weight excluding hydrogens is 214 g/mol. The molecule has 0 aliphatic carbocycles. The predicted octanol–water partition coefficient (Wildman–Crippen LogP) is 3.12. The van der Waals surface area contributed by atoms with E-state index in [0.29, 0.717) is 12.8 Å². The van der Waals surface area contributed by atoms with Crippen LogP contribution in [-0.4, -0.2) is 20.4 Å². The fourth-order valence-electron chi connectivity index (χ4n) is 1.82. The van der Waals surface area contributed by atoms with Crippen molar-refractivity contribution >= 4 is 0 Å². The van der Waals surface area contributed by atoms with Crippen molar-refractivity contribution in [1.82, 2.24) is 5.32 Å². The Morgan fingerprint density at radius 1 is 1.24 bits per heavy atom. The average molecular weight is 237 g/mol. The fraction of sp³-hybridized carbons (Fsp3) is 0.571. The summed E-state index contributed by atoms with van der Waals surface area (Å²) in [5.74, 6) is 0.907. The fourth-order valence-corrected chi connectivity index (χ4v) is 1.82. The zero-order chi connectivity index (χ0) is 12.5. The molecule has 0 bridgehead atoms. The lowest BCUT2D eigenvalue weighted by molar-refractivity contribution is 0.0500. The summed E-state index contributed by atoms with van der Waals surface area (Å²) in [7, 11) is 1.63. The highest BCUT2D eigenvalue weighted by Gasteiger charge is 2.13. The van der Waals surface area contributed by atoms with Crippen molar-refractivity contribution in [3.05, 3.63) is 29.8 Å². The van der Waals surface area contributed by atoms with Crippen LogP contribution in [0.3, 0.4) is 0 Å². The zero-order valence-corrected chi connectivity index (χ0v) is 11.0. The molecule has 0 aromatic heterocycles. The summed E-state index contributed by atoms with van der Waals surface area (Å²) in [5.41, 5.74) is 1.21. The number of ether oxygens (including phenoxy) is 2. The number of para-hydroxylation sites is 1. The highest BCUT2D eigenvalue weighted by atomic mass is 16.7. The summed E-state index contributed by atoms with van der Waals surface area (Å²) in [6.07, 6.45) is 2.19. The van der Waals surface area contributed by atoms with Crippen LogP contribution in [-0.2, 0) is 4.74 Å². The Hall–Kier alpha value is -1.06. The van der Waals surface area contributed by atoms with Crippen LogP contribution in [0.1, 0.15) is 38.3 Å². The lowest BCUT2D eigenvalue weighted by Gasteiger charge is -2.20. The lowest BCUT2D eigenvalue weighted by Crippen LogP contribution is -2.22. The third kappa shape index (κ3) is 4.36. The molecule has 1 rings (SSSR count). The van der Waals surface area contributed by atoms with E-state index in [-0.39, 0.29) is 0 Å². The van der Waals surface area contributed by atoms with Gasteiger partial charge in [0.25, 0.3) is 0 Å². The molecule has 0 aliphatic heterocycles. The topological polar surface area (TPSA) is 30.5 Å². The second-order valence-electron chi connectivity index (χ2n) is 4.00. The molecule has 3 heteroatoms. The van der Waals surface area contributed by atoms with E-state index in [9.17, 15) is 0 Å². The minimum atomic E-state index is 0.293. The van der Waals surface area contributed by atoms with Crippen LogP contribution < -0.4 is 10.1 Å². The van der Waals surface area contributed by atoms with Crippen molar-refractivity contribution < 1.29 is 9.47 Å². The van der Waals surface area contributed by atoms with Gasteiger partial charge in [0, 0.05) is 18.7 Å². The van der Waals surface area contributed by atoms with Gasteiger partial charge in [-0.3, -0.25) is 0 Å². The summed E-state index contributed by atoms with van der Waals surface area (Å²) >= 11 is 0. The van der Waals surface area contributed by atoms with Gasteiger partial charge in [0.15, 0.2) is 6.79 Å². The van der Waals surface area contributed by atoms with Gasteiger partial charge in [-0.25, -0.2) is 0 Å². The molecule has 1 aromatic carbocycles. The largest absolute Gasteiger partial charge is 0.467 e. The van der Waals surface area contributed by atoms with E-state index >= 15 is 0 Å². The molecule has 0 saturated carbocycles. The van der Waals surface area contributed by atoms with E-state index in [1.807, 2.05) is 18.2 Å². The SMILES string of the molecule is CCCNC(CC)c1ccccc1OCOC. The smallest absolute Gasteiger partial charge is 0.188 e. The Kier molecular flexibility index (Phi) is 6.67. The third-order valence-corrected chi connectivity index (χ3v) is 2.68. The summed E-state index contributed by atoms with van der Waals surface area (Å²) in [5, 5.41) is 3.53.